The van der Waals surface area contributed by atoms with Crippen molar-refractivity contribution in [2.24, 2.45) is 0 Å². The minimum absolute atomic E-state index is 0.347. The number of anilines is 2. The Morgan fingerprint density at radius 2 is 2.20 bits per heavy atom. The maximum absolute atomic E-state index is 5.75. The summed E-state index contributed by atoms with van der Waals surface area (Å²) in [4.78, 5) is 4.29. The van der Waals surface area contributed by atoms with E-state index in [0.29, 0.717) is 24.2 Å². The lowest BCUT2D eigenvalue weighted by molar-refractivity contribution is 0.307. The predicted molar refractivity (Wildman–Crippen MR) is 63.2 cm³/mol. The number of rotatable bonds is 5. The lowest BCUT2D eigenvalue weighted by atomic mass is 10.3. The summed E-state index contributed by atoms with van der Waals surface area (Å²) in [5.41, 5.74) is 6.33. The Morgan fingerprint density at radius 3 is 2.80 bits per heavy atom. The van der Waals surface area contributed by atoms with Crippen LogP contribution in [0.15, 0.2) is 12.1 Å². The van der Waals surface area contributed by atoms with Gasteiger partial charge in [-0.3, -0.25) is 0 Å². The van der Waals surface area contributed by atoms with E-state index in [-0.39, 0.29) is 0 Å². The molecule has 0 spiro atoms. The van der Waals surface area contributed by atoms with Crippen molar-refractivity contribution >= 4 is 11.5 Å². The number of aromatic nitrogens is 1. The molecule has 15 heavy (non-hydrogen) atoms. The van der Waals surface area contributed by atoms with Gasteiger partial charge in [-0.1, -0.05) is 6.92 Å². The molecule has 1 aromatic rings. The van der Waals surface area contributed by atoms with Crippen LogP contribution in [0.5, 0.6) is 5.88 Å². The summed E-state index contributed by atoms with van der Waals surface area (Å²) in [6, 6.07) is 4.01. The van der Waals surface area contributed by atoms with Gasteiger partial charge in [0.2, 0.25) is 5.88 Å². The van der Waals surface area contributed by atoms with Crippen LogP contribution in [0.3, 0.4) is 0 Å². The van der Waals surface area contributed by atoms with Crippen molar-refractivity contribution < 1.29 is 4.74 Å². The number of hydrogen-bond acceptors (Lipinski definition) is 4. The minimum Gasteiger partial charge on any atom is -0.476 e. The van der Waals surface area contributed by atoms with Gasteiger partial charge in [0.15, 0.2) is 0 Å². The Kier molecular flexibility index (Phi) is 4.21. The van der Waals surface area contributed by atoms with Crippen LogP contribution in [-0.2, 0) is 0 Å². The third-order valence-electron chi connectivity index (χ3n) is 1.77. The van der Waals surface area contributed by atoms with Gasteiger partial charge in [-0.25, -0.2) is 0 Å². The fourth-order valence-corrected chi connectivity index (χ4v) is 1.14. The summed E-state index contributed by atoms with van der Waals surface area (Å²) in [6.45, 7) is 6.81. The zero-order valence-corrected chi connectivity index (χ0v) is 9.58. The molecule has 0 amide bonds. The van der Waals surface area contributed by atoms with E-state index in [4.69, 9.17) is 10.5 Å². The lowest BCUT2D eigenvalue weighted by Crippen LogP contribution is -2.12. The number of nitrogens with two attached hydrogens (primary N) is 1. The van der Waals surface area contributed by atoms with Crippen LogP contribution >= 0.6 is 0 Å². The second kappa shape index (κ2) is 5.44. The smallest absolute Gasteiger partial charge is 0.239 e. The molecule has 1 aromatic heterocycles. The van der Waals surface area contributed by atoms with Crippen molar-refractivity contribution in [1.29, 1.82) is 0 Å². The monoisotopic (exact) mass is 209 g/mol. The van der Waals surface area contributed by atoms with Gasteiger partial charge in [0, 0.05) is 6.04 Å². The fraction of sp³-hybridized carbons (Fsp3) is 0.545. The first kappa shape index (κ1) is 11.6. The van der Waals surface area contributed by atoms with Crippen LogP contribution in [0, 0.1) is 0 Å². The minimum atomic E-state index is 0.347. The Bertz CT molecular complexity index is 313. The molecule has 0 saturated heterocycles. The van der Waals surface area contributed by atoms with Gasteiger partial charge in [-0.15, -0.1) is 0 Å². The Hall–Kier alpha value is -1.45. The highest BCUT2D eigenvalue weighted by Gasteiger charge is 2.04. The highest BCUT2D eigenvalue weighted by molar-refractivity contribution is 5.53. The van der Waals surface area contributed by atoms with Crippen molar-refractivity contribution in [2.75, 3.05) is 17.7 Å². The molecule has 1 heterocycles. The second-order valence-corrected chi connectivity index (χ2v) is 3.74. The second-order valence-electron chi connectivity index (χ2n) is 3.74. The normalized spacial score (nSPS) is 10.4. The molecule has 1 rings (SSSR count). The number of hydrogen-bond donors (Lipinski definition) is 2. The number of nitrogen functional groups attached to an aromatic ring is 1. The molecule has 0 saturated carbocycles. The maximum atomic E-state index is 5.75. The number of nitrogens with zero attached hydrogens (tertiary/aromatic N) is 1. The largest absolute Gasteiger partial charge is 0.476 e. The molecule has 0 radical (unpaired) electrons. The van der Waals surface area contributed by atoms with E-state index in [1.807, 2.05) is 19.1 Å². The molecule has 0 bridgehead atoms. The summed E-state index contributed by atoms with van der Waals surface area (Å²) in [6.07, 6.45) is 0.947. The average Bonchev–Trinajstić information content (AvgIpc) is 2.18. The molecule has 0 fully saturated rings. The highest BCUT2D eigenvalue weighted by Crippen LogP contribution is 2.21. The van der Waals surface area contributed by atoms with Crippen molar-refractivity contribution in [2.45, 2.75) is 33.2 Å². The van der Waals surface area contributed by atoms with Gasteiger partial charge in [0.25, 0.3) is 0 Å². The maximum Gasteiger partial charge on any atom is 0.239 e. The molecule has 0 aliphatic heterocycles. The van der Waals surface area contributed by atoms with Crippen LogP contribution in [0.1, 0.15) is 27.2 Å². The molecule has 0 aliphatic rings. The van der Waals surface area contributed by atoms with Gasteiger partial charge < -0.3 is 15.8 Å². The predicted octanol–water partition coefficient (Wildman–Crippen LogP) is 2.27. The molecule has 84 valence electrons. The number of nitrogens with one attached hydrogen (secondary N) is 1. The summed E-state index contributed by atoms with van der Waals surface area (Å²) in [5, 5.41) is 3.20. The van der Waals surface area contributed by atoms with Crippen LogP contribution in [0.2, 0.25) is 0 Å². The van der Waals surface area contributed by atoms with E-state index in [2.05, 4.69) is 24.1 Å². The molecule has 3 N–H and O–H groups in total. The van der Waals surface area contributed by atoms with Gasteiger partial charge in [-0.05, 0) is 32.4 Å². The van der Waals surface area contributed by atoms with Crippen molar-refractivity contribution in [1.82, 2.24) is 4.98 Å². The lowest BCUT2D eigenvalue weighted by Gasteiger charge is -2.12. The summed E-state index contributed by atoms with van der Waals surface area (Å²) >= 11 is 0. The summed E-state index contributed by atoms with van der Waals surface area (Å²) in [7, 11) is 0. The van der Waals surface area contributed by atoms with Crippen LogP contribution in [0.25, 0.3) is 0 Å². The highest BCUT2D eigenvalue weighted by atomic mass is 16.5. The fourth-order valence-electron chi connectivity index (χ4n) is 1.14. The van der Waals surface area contributed by atoms with E-state index >= 15 is 0 Å². The van der Waals surface area contributed by atoms with E-state index in [9.17, 15) is 0 Å². The molecule has 0 atom stereocenters. The van der Waals surface area contributed by atoms with Crippen molar-refractivity contribution in [3.8, 4) is 5.88 Å². The molecule has 4 nitrogen and oxygen atoms in total. The van der Waals surface area contributed by atoms with Crippen LogP contribution in [-0.4, -0.2) is 17.6 Å². The Morgan fingerprint density at radius 1 is 1.47 bits per heavy atom. The zero-order valence-electron chi connectivity index (χ0n) is 9.58. The van der Waals surface area contributed by atoms with Gasteiger partial charge in [0.05, 0.1) is 12.3 Å². The standard InChI is InChI=1S/C11H19N3O/c1-4-7-15-11-9(12)5-6-10(14-11)13-8(2)3/h5-6,8H,4,7,12H2,1-3H3,(H,13,14). The van der Waals surface area contributed by atoms with E-state index in [1.54, 1.807) is 0 Å². The van der Waals surface area contributed by atoms with E-state index in [1.165, 1.54) is 0 Å². The molecule has 4 heteroatoms. The topological polar surface area (TPSA) is 60.2 Å². The first-order chi connectivity index (χ1) is 7.13. The Labute approximate surface area is 90.8 Å². The van der Waals surface area contributed by atoms with E-state index in [0.717, 1.165) is 12.2 Å². The molecule has 0 aromatic carbocycles. The molecular weight excluding hydrogens is 190 g/mol. The van der Waals surface area contributed by atoms with Crippen molar-refractivity contribution in [3.63, 3.8) is 0 Å². The third-order valence-corrected chi connectivity index (χ3v) is 1.77. The first-order valence-corrected chi connectivity index (χ1v) is 5.29. The van der Waals surface area contributed by atoms with Crippen LogP contribution < -0.4 is 15.8 Å². The van der Waals surface area contributed by atoms with Gasteiger partial charge >= 0.3 is 0 Å². The number of pyridine rings is 1. The number of ether oxygens (including phenoxy) is 1. The SMILES string of the molecule is CCCOc1nc(NC(C)C)ccc1N. The van der Waals surface area contributed by atoms with Gasteiger partial charge in [0.1, 0.15) is 5.82 Å². The molecule has 0 aliphatic carbocycles. The van der Waals surface area contributed by atoms with Crippen molar-refractivity contribution in [3.05, 3.63) is 12.1 Å². The summed E-state index contributed by atoms with van der Waals surface area (Å²) < 4.78 is 5.43. The molecule has 0 unspecified atom stereocenters. The third kappa shape index (κ3) is 3.65. The van der Waals surface area contributed by atoms with E-state index < -0.39 is 0 Å². The average molecular weight is 209 g/mol. The Balaban J connectivity index is 2.75. The van der Waals surface area contributed by atoms with Gasteiger partial charge in [-0.2, -0.15) is 4.98 Å². The first-order valence-electron chi connectivity index (χ1n) is 5.29. The van der Waals surface area contributed by atoms with Crippen LogP contribution in [0.4, 0.5) is 11.5 Å². The zero-order chi connectivity index (χ0) is 11.3. The molecular formula is C11H19N3O. The summed E-state index contributed by atoms with van der Waals surface area (Å²) in [5.74, 6) is 1.31. The quantitative estimate of drug-likeness (QED) is 0.781.